The summed E-state index contributed by atoms with van der Waals surface area (Å²) < 4.78 is 5.30. The predicted octanol–water partition coefficient (Wildman–Crippen LogP) is 6.84. The van der Waals surface area contributed by atoms with E-state index in [0.29, 0.717) is 24.8 Å². The van der Waals surface area contributed by atoms with Crippen LogP contribution in [-0.4, -0.2) is 87.2 Å². The number of imide groups is 1. The number of pyridine rings is 1. The minimum Gasteiger partial charge on any atom is -0.383 e. The number of aryl methyl sites for hydroxylation is 2. The summed E-state index contributed by atoms with van der Waals surface area (Å²) in [4.78, 5) is 62.5. The van der Waals surface area contributed by atoms with E-state index in [0.717, 1.165) is 107 Å². The summed E-state index contributed by atoms with van der Waals surface area (Å²) in [5.41, 5.74) is 9.72. The molecule has 2 aliphatic heterocycles. The number of rotatable bonds is 13. The molecule has 6 heterocycles. The lowest BCUT2D eigenvalue weighted by Gasteiger charge is -2.34. The van der Waals surface area contributed by atoms with Gasteiger partial charge in [0.1, 0.15) is 12.0 Å². The van der Waals surface area contributed by atoms with E-state index >= 15 is 0 Å². The monoisotopic (exact) mass is 838 g/mol. The molecular weight excluding hydrogens is 785 g/mol. The van der Waals surface area contributed by atoms with E-state index in [2.05, 4.69) is 69.5 Å². The van der Waals surface area contributed by atoms with E-state index in [1.165, 1.54) is 5.69 Å². The highest BCUT2D eigenvalue weighted by Crippen LogP contribution is 2.33. The molecule has 5 N–H and O–H groups in total. The molecule has 0 radical (unpaired) electrons. The number of H-pyrrole nitrogens is 1. The van der Waals surface area contributed by atoms with Crippen LogP contribution in [0.25, 0.3) is 33.7 Å². The molecule has 0 unspecified atom stereocenters. The lowest BCUT2D eigenvalue weighted by Crippen LogP contribution is -2.49. The van der Waals surface area contributed by atoms with Gasteiger partial charge in [0.2, 0.25) is 11.8 Å². The molecule has 0 aliphatic carbocycles. The van der Waals surface area contributed by atoms with Gasteiger partial charge in [-0.1, -0.05) is 38.1 Å². The van der Waals surface area contributed by atoms with E-state index in [1.54, 1.807) is 11.2 Å². The van der Waals surface area contributed by atoms with E-state index in [1.807, 2.05) is 84.1 Å². The molecule has 62 heavy (non-hydrogen) atoms. The predicted molar refractivity (Wildman–Crippen MR) is 239 cm³/mol. The van der Waals surface area contributed by atoms with Crippen LogP contribution >= 0.6 is 0 Å². The van der Waals surface area contributed by atoms with Crippen LogP contribution in [0.1, 0.15) is 86.2 Å². The second kappa shape index (κ2) is 17.7. The van der Waals surface area contributed by atoms with Crippen molar-refractivity contribution < 1.29 is 18.9 Å². The molecule has 16 heteroatoms. The highest BCUT2D eigenvalue weighted by molar-refractivity contribution is 6.06. The Hall–Kier alpha value is -6.68. The highest BCUT2D eigenvalue weighted by atomic mass is 16.5. The van der Waals surface area contributed by atoms with Crippen LogP contribution < -0.4 is 31.1 Å². The highest BCUT2D eigenvalue weighted by Gasteiger charge is 2.27. The van der Waals surface area contributed by atoms with Gasteiger partial charge in [0.15, 0.2) is 0 Å². The van der Waals surface area contributed by atoms with Crippen molar-refractivity contribution in [2.24, 2.45) is 5.92 Å². The molecule has 16 nitrogen and oxygen atoms in total. The second-order valence-corrected chi connectivity index (χ2v) is 17.3. The third kappa shape index (κ3) is 9.29. The van der Waals surface area contributed by atoms with Crippen LogP contribution in [0.4, 0.5) is 21.9 Å². The third-order valence-corrected chi connectivity index (χ3v) is 11.7. The quantitative estimate of drug-likeness (QED) is 0.0761. The van der Waals surface area contributed by atoms with Crippen LogP contribution in [0.15, 0.2) is 71.6 Å². The van der Waals surface area contributed by atoms with E-state index in [9.17, 15) is 14.4 Å². The van der Waals surface area contributed by atoms with Gasteiger partial charge >= 0.3 is 6.03 Å². The fourth-order valence-corrected chi connectivity index (χ4v) is 8.16. The second-order valence-electron chi connectivity index (χ2n) is 17.3. The van der Waals surface area contributed by atoms with Gasteiger partial charge in [-0.2, -0.15) is 4.98 Å². The maximum atomic E-state index is 12.9. The Morgan fingerprint density at radius 3 is 2.48 bits per heavy atom. The number of hydrogen-bond donors (Lipinski definition) is 5. The van der Waals surface area contributed by atoms with Crippen molar-refractivity contribution in [3.8, 4) is 22.6 Å². The van der Waals surface area contributed by atoms with E-state index in [4.69, 9.17) is 9.51 Å². The average Bonchev–Trinajstić information content (AvgIpc) is 3.94. The summed E-state index contributed by atoms with van der Waals surface area (Å²) in [6.45, 7) is 16.8. The van der Waals surface area contributed by atoms with Crippen LogP contribution in [0, 0.1) is 19.8 Å². The van der Waals surface area contributed by atoms with Crippen molar-refractivity contribution in [3.63, 3.8) is 0 Å². The summed E-state index contributed by atoms with van der Waals surface area (Å²) in [7, 11) is 0. The first-order chi connectivity index (χ1) is 29.8. The number of urea groups is 1. The number of piperidine rings is 1. The van der Waals surface area contributed by atoms with Gasteiger partial charge in [0.25, 0.3) is 11.7 Å². The van der Waals surface area contributed by atoms with Crippen molar-refractivity contribution in [2.45, 2.75) is 72.3 Å². The molecule has 322 valence electrons. The van der Waals surface area contributed by atoms with E-state index in [-0.39, 0.29) is 29.2 Å². The number of nitrogens with zero attached hydrogens (tertiary/aromatic N) is 7. The maximum Gasteiger partial charge on any atom is 0.328 e. The summed E-state index contributed by atoms with van der Waals surface area (Å²) in [5.74, 6) is 0.425. The molecule has 0 saturated carbocycles. The summed E-state index contributed by atoms with van der Waals surface area (Å²) >= 11 is 0. The topological polar surface area (TPSA) is 199 Å². The third-order valence-electron chi connectivity index (χ3n) is 11.7. The molecule has 4 amide bonds. The Kier molecular flexibility index (Phi) is 12.0. The van der Waals surface area contributed by atoms with Crippen LogP contribution in [0.3, 0.4) is 0 Å². The van der Waals surface area contributed by atoms with Crippen molar-refractivity contribution >= 4 is 45.9 Å². The van der Waals surface area contributed by atoms with Gasteiger partial charge in [-0.05, 0) is 105 Å². The van der Waals surface area contributed by atoms with Crippen molar-refractivity contribution in [2.75, 3.05) is 54.4 Å². The van der Waals surface area contributed by atoms with Crippen molar-refractivity contribution in [1.82, 2.24) is 46.0 Å². The molecule has 0 spiro atoms. The number of aromatic amines is 1. The molecule has 2 aromatic carbocycles. The number of hydrogen-bond acceptors (Lipinski definition) is 12. The first-order valence-electron chi connectivity index (χ1n) is 21.3. The molecule has 0 bridgehead atoms. The van der Waals surface area contributed by atoms with Crippen LogP contribution in [0.2, 0.25) is 0 Å². The first kappa shape index (κ1) is 42.0. The molecule has 6 aromatic rings. The number of aromatic nitrogens is 6. The van der Waals surface area contributed by atoms with Crippen molar-refractivity contribution in [3.05, 3.63) is 95.5 Å². The Bertz CT molecular complexity index is 2590. The Morgan fingerprint density at radius 1 is 0.952 bits per heavy atom. The smallest absolute Gasteiger partial charge is 0.328 e. The number of amides is 4. The fourth-order valence-electron chi connectivity index (χ4n) is 8.16. The number of carbonyl (C=O) groups is 3. The van der Waals surface area contributed by atoms with E-state index < -0.39 is 5.91 Å². The van der Waals surface area contributed by atoms with Gasteiger partial charge < -0.3 is 30.4 Å². The Morgan fingerprint density at radius 2 is 1.77 bits per heavy atom. The lowest BCUT2D eigenvalue weighted by molar-refractivity contribution is -0.120. The van der Waals surface area contributed by atoms with Gasteiger partial charge in [-0.3, -0.25) is 24.8 Å². The van der Waals surface area contributed by atoms with Gasteiger partial charge in [0, 0.05) is 66.9 Å². The van der Waals surface area contributed by atoms with Crippen molar-refractivity contribution in [1.29, 1.82) is 0 Å². The molecule has 8 rings (SSSR count). The molecule has 2 saturated heterocycles. The summed E-state index contributed by atoms with van der Waals surface area (Å²) in [5, 5.41) is 17.3. The zero-order valence-corrected chi connectivity index (χ0v) is 36.1. The largest absolute Gasteiger partial charge is 0.383 e. The standard InChI is InChI=1S/C46H54N12O4/c1-27-21-31(7-10-34(27)29(3)52-43(60)42-55-44(62-56-42)46(4,5)6)40-35-23-37(53-41(35)51-26-50-40)36-11-8-32(25-49-36)48-17-16-47-24-30-13-18-57(19-14-30)33-9-12-38(28(2)22-33)58-20-15-39(59)54-45(58)61/h7-12,21-23,25-26,29-30,47-48H,13-20,24H2,1-6H3,(H,52,60)(H,50,51,53)(H,54,59,61)/t29-/m1/s1. The Balaban J connectivity index is 0.799. The molecule has 1 atom stereocenters. The van der Waals surface area contributed by atoms with Gasteiger partial charge in [-0.25, -0.2) is 14.8 Å². The zero-order valence-electron chi connectivity index (χ0n) is 36.1. The number of benzene rings is 2. The number of anilines is 3. The fraction of sp³-hybridized carbons (Fsp3) is 0.391. The van der Waals surface area contributed by atoms with Crippen LogP contribution in [0.5, 0.6) is 0 Å². The van der Waals surface area contributed by atoms with Gasteiger partial charge in [-0.15, -0.1) is 0 Å². The molecular formula is C46H54N12O4. The molecule has 2 fully saturated rings. The number of carbonyl (C=O) groups excluding carboxylic acids is 3. The lowest BCUT2D eigenvalue weighted by atomic mass is 9.96. The molecule has 2 aliphatic rings. The zero-order chi connectivity index (χ0) is 43.5. The average molecular weight is 839 g/mol. The Labute approximate surface area is 360 Å². The van der Waals surface area contributed by atoms with Crippen LogP contribution in [-0.2, 0) is 10.2 Å². The number of fused-ring (bicyclic) bond motifs is 1. The molecule has 4 aromatic heterocycles. The first-order valence-corrected chi connectivity index (χ1v) is 21.3. The SMILES string of the molecule is Cc1cc(-c2ncnc3[nH]c(-c4ccc(NCCNCC5CCN(c6ccc(N7CCC(=O)NC7=O)c(C)c6)CC5)cn4)cc23)ccc1[C@@H](C)NC(=O)c1noc(C(C)(C)C)n1. The summed E-state index contributed by atoms with van der Waals surface area (Å²) in [6.07, 6.45) is 5.95. The minimum absolute atomic E-state index is 0.0150. The summed E-state index contributed by atoms with van der Waals surface area (Å²) in [6, 6.07) is 17.8. The normalized spacial score (nSPS) is 15.5. The minimum atomic E-state index is -0.392. The maximum absolute atomic E-state index is 12.9. The number of nitrogens with one attached hydrogen (secondary N) is 5. The van der Waals surface area contributed by atoms with Gasteiger partial charge in [0.05, 0.1) is 35.0 Å².